The Hall–Kier alpha value is -2.09. The first-order chi connectivity index (χ1) is 12.5. The van der Waals surface area contributed by atoms with Gasteiger partial charge in [-0.2, -0.15) is 4.98 Å². The molecule has 1 aliphatic rings. The van der Waals surface area contributed by atoms with E-state index in [2.05, 4.69) is 40.9 Å². The second kappa shape index (κ2) is 6.90. The standard InChI is InChI=1S/C18H19BrFN5O/c1-10(2)18-23-16(24-26-18)11-3-5-25(6-4-11)17-13-7-12(20)8-14(19)15(13)21-9-22-17/h7-11H,3-6H2,1-2H3. The Balaban J connectivity index is 1.55. The van der Waals surface area contributed by atoms with E-state index in [4.69, 9.17) is 4.52 Å². The first kappa shape index (κ1) is 17.3. The number of anilines is 1. The molecular formula is C18H19BrFN5O. The average molecular weight is 420 g/mol. The van der Waals surface area contributed by atoms with Crippen molar-refractivity contribution in [1.82, 2.24) is 20.1 Å². The molecule has 1 aliphatic heterocycles. The van der Waals surface area contributed by atoms with E-state index in [9.17, 15) is 4.39 Å². The fourth-order valence-corrected chi connectivity index (χ4v) is 3.86. The van der Waals surface area contributed by atoms with Crippen molar-refractivity contribution in [3.8, 4) is 0 Å². The van der Waals surface area contributed by atoms with Crippen LogP contribution >= 0.6 is 15.9 Å². The molecule has 3 aromatic rings. The summed E-state index contributed by atoms with van der Waals surface area (Å²) in [7, 11) is 0. The predicted molar refractivity (Wildman–Crippen MR) is 99.8 cm³/mol. The first-order valence-corrected chi connectivity index (χ1v) is 9.50. The minimum Gasteiger partial charge on any atom is -0.356 e. The molecule has 0 atom stereocenters. The van der Waals surface area contributed by atoms with E-state index in [1.165, 1.54) is 18.5 Å². The van der Waals surface area contributed by atoms with Crippen molar-refractivity contribution in [2.45, 2.75) is 38.5 Å². The van der Waals surface area contributed by atoms with Crippen molar-refractivity contribution in [3.63, 3.8) is 0 Å². The molecule has 0 unspecified atom stereocenters. The number of nitrogens with zero attached hydrogens (tertiary/aromatic N) is 5. The van der Waals surface area contributed by atoms with Crippen molar-refractivity contribution in [1.29, 1.82) is 0 Å². The first-order valence-electron chi connectivity index (χ1n) is 8.71. The van der Waals surface area contributed by atoms with E-state index in [1.54, 1.807) is 0 Å². The Morgan fingerprint density at radius 2 is 2.00 bits per heavy atom. The maximum atomic E-state index is 13.9. The third kappa shape index (κ3) is 3.18. The molecule has 4 rings (SSSR count). The lowest BCUT2D eigenvalue weighted by atomic mass is 9.96. The maximum Gasteiger partial charge on any atom is 0.229 e. The minimum absolute atomic E-state index is 0.233. The van der Waals surface area contributed by atoms with Crippen molar-refractivity contribution in [2.24, 2.45) is 0 Å². The van der Waals surface area contributed by atoms with Crippen LogP contribution in [-0.4, -0.2) is 33.2 Å². The van der Waals surface area contributed by atoms with Gasteiger partial charge >= 0.3 is 0 Å². The smallest absolute Gasteiger partial charge is 0.229 e. The van der Waals surface area contributed by atoms with Crippen LogP contribution in [0.3, 0.4) is 0 Å². The van der Waals surface area contributed by atoms with Gasteiger partial charge in [-0.3, -0.25) is 0 Å². The Morgan fingerprint density at radius 1 is 1.23 bits per heavy atom. The van der Waals surface area contributed by atoms with Crippen LogP contribution < -0.4 is 4.90 Å². The second-order valence-corrected chi connectivity index (χ2v) is 7.74. The summed E-state index contributed by atoms with van der Waals surface area (Å²) in [5.74, 6) is 2.45. The third-order valence-electron chi connectivity index (χ3n) is 4.75. The van der Waals surface area contributed by atoms with E-state index in [-0.39, 0.29) is 17.7 Å². The Kier molecular flexibility index (Phi) is 4.60. The lowest BCUT2D eigenvalue weighted by Crippen LogP contribution is -2.34. The molecule has 8 heteroatoms. The van der Waals surface area contributed by atoms with E-state index in [0.717, 1.165) is 48.5 Å². The largest absolute Gasteiger partial charge is 0.356 e. The van der Waals surface area contributed by atoms with Gasteiger partial charge in [0.1, 0.15) is 18.0 Å². The SMILES string of the molecule is CC(C)c1nc(C2CCN(c3ncnc4c(Br)cc(F)cc34)CC2)no1. The summed E-state index contributed by atoms with van der Waals surface area (Å²) in [6, 6.07) is 2.92. The minimum atomic E-state index is -0.302. The average Bonchev–Trinajstić information content (AvgIpc) is 3.12. The van der Waals surface area contributed by atoms with Gasteiger partial charge in [0.05, 0.1) is 5.52 Å². The molecule has 6 nitrogen and oxygen atoms in total. The highest BCUT2D eigenvalue weighted by atomic mass is 79.9. The second-order valence-electron chi connectivity index (χ2n) is 6.89. The molecular weight excluding hydrogens is 401 g/mol. The van der Waals surface area contributed by atoms with Gasteiger partial charge in [-0.15, -0.1) is 0 Å². The number of piperidine rings is 1. The van der Waals surface area contributed by atoms with Crippen LogP contribution in [0.5, 0.6) is 0 Å². The molecule has 2 aromatic heterocycles. The third-order valence-corrected chi connectivity index (χ3v) is 5.35. The molecule has 136 valence electrons. The Morgan fingerprint density at radius 3 is 2.69 bits per heavy atom. The van der Waals surface area contributed by atoms with Gasteiger partial charge in [-0.1, -0.05) is 19.0 Å². The summed E-state index contributed by atoms with van der Waals surface area (Å²) < 4.78 is 19.8. The van der Waals surface area contributed by atoms with Crippen molar-refractivity contribution in [2.75, 3.05) is 18.0 Å². The van der Waals surface area contributed by atoms with Crippen LogP contribution in [0, 0.1) is 5.82 Å². The van der Waals surface area contributed by atoms with Crippen molar-refractivity contribution >= 4 is 32.7 Å². The van der Waals surface area contributed by atoms with E-state index >= 15 is 0 Å². The summed E-state index contributed by atoms with van der Waals surface area (Å²) in [6.45, 7) is 5.68. The van der Waals surface area contributed by atoms with Gasteiger partial charge in [0.15, 0.2) is 5.82 Å². The van der Waals surface area contributed by atoms with E-state index < -0.39 is 0 Å². The molecule has 1 saturated heterocycles. The van der Waals surface area contributed by atoms with Crippen molar-refractivity contribution in [3.05, 3.63) is 40.5 Å². The molecule has 0 bridgehead atoms. The molecule has 1 aromatic carbocycles. The highest BCUT2D eigenvalue weighted by Crippen LogP contribution is 2.33. The monoisotopic (exact) mass is 419 g/mol. The van der Waals surface area contributed by atoms with Crippen molar-refractivity contribution < 1.29 is 8.91 Å². The quantitative estimate of drug-likeness (QED) is 0.625. The summed E-state index contributed by atoms with van der Waals surface area (Å²) >= 11 is 3.38. The Bertz CT molecular complexity index is 936. The van der Waals surface area contributed by atoms with Gasteiger partial charge < -0.3 is 9.42 Å². The molecule has 3 heterocycles. The predicted octanol–water partition coefficient (Wildman–Crippen LogP) is 4.42. The van der Waals surface area contributed by atoms with E-state index in [0.29, 0.717) is 10.4 Å². The lowest BCUT2D eigenvalue weighted by Gasteiger charge is -2.32. The number of benzene rings is 1. The summed E-state index contributed by atoms with van der Waals surface area (Å²) in [5, 5.41) is 4.87. The fourth-order valence-electron chi connectivity index (χ4n) is 3.33. The topological polar surface area (TPSA) is 67.9 Å². The number of aromatic nitrogens is 4. The molecule has 0 aliphatic carbocycles. The molecule has 0 saturated carbocycles. The maximum absolute atomic E-state index is 13.9. The number of rotatable bonds is 3. The zero-order valence-corrected chi connectivity index (χ0v) is 16.2. The zero-order valence-electron chi connectivity index (χ0n) is 14.6. The summed E-state index contributed by atoms with van der Waals surface area (Å²) in [5.41, 5.74) is 0.721. The zero-order chi connectivity index (χ0) is 18.3. The summed E-state index contributed by atoms with van der Waals surface area (Å²) in [4.78, 5) is 15.4. The van der Waals surface area contributed by atoms with Crippen LogP contribution in [0.2, 0.25) is 0 Å². The van der Waals surface area contributed by atoms with Crippen LogP contribution in [0.15, 0.2) is 27.5 Å². The van der Waals surface area contributed by atoms with Gasteiger partial charge in [0.2, 0.25) is 5.89 Å². The highest BCUT2D eigenvalue weighted by molar-refractivity contribution is 9.10. The van der Waals surface area contributed by atoms with Gasteiger partial charge in [-0.25, -0.2) is 14.4 Å². The molecule has 0 amide bonds. The molecule has 1 fully saturated rings. The van der Waals surface area contributed by atoms with Gasteiger partial charge in [0.25, 0.3) is 0 Å². The van der Waals surface area contributed by atoms with Crippen LogP contribution in [0.1, 0.15) is 50.2 Å². The number of hydrogen-bond acceptors (Lipinski definition) is 6. The van der Waals surface area contributed by atoms with E-state index in [1.807, 2.05) is 13.8 Å². The van der Waals surface area contributed by atoms with Crippen LogP contribution in [-0.2, 0) is 0 Å². The number of halogens is 2. The number of fused-ring (bicyclic) bond motifs is 1. The van der Waals surface area contributed by atoms with Gasteiger partial charge in [0, 0.05) is 34.8 Å². The summed E-state index contributed by atoms with van der Waals surface area (Å²) in [6.07, 6.45) is 3.33. The fraction of sp³-hybridized carbons (Fsp3) is 0.444. The normalized spacial score (nSPS) is 16.0. The van der Waals surface area contributed by atoms with Crippen LogP contribution in [0.4, 0.5) is 10.2 Å². The highest BCUT2D eigenvalue weighted by Gasteiger charge is 2.27. The molecule has 0 N–H and O–H groups in total. The molecule has 26 heavy (non-hydrogen) atoms. The number of hydrogen-bond donors (Lipinski definition) is 0. The van der Waals surface area contributed by atoms with Gasteiger partial charge in [-0.05, 0) is 40.9 Å². The lowest BCUT2D eigenvalue weighted by molar-refractivity contribution is 0.353. The molecule has 0 spiro atoms. The molecule has 0 radical (unpaired) electrons. The Labute approximate surface area is 159 Å². The van der Waals surface area contributed by atoms with Crippen LogP contribution in [0.25, 0.3) is 10.9 Å².